The molecule has 0 aromatic carbocycles. The number of morpholine rings is 1. The topological polar surface area (TPSA) is 102 Å². The summed E-state index contributed by atoms with van der Waals surface area (Å²) in [5.74, 6) is -1.19. The van der Waals surface area contributed by atoms with Crippen LogP contribution in [-0.2, 0) is 16.6 Å². The zero-order chi connectivity index (χ0) is 18.1. The van der Waals surface area contributed by atoms with Crippen molar-refractivity contribution in [2.45, 2.75) is 26.2 Å². The number of aliphatic hydroxyl groups is 1. The number of allylic oxidation sites excluding steroid dienone is 2. The Labute approximate surface area is 144 Å². The molecule has 0 unspecified atom stereocenters. The largest absolute Gasteiger partial charge is 0.511 e. The molecule has 1 fully saturated rings. The lowest BCUT2D eigenvalue weighted by Crippen LogP contribution is -2.42. The fourth-order valence-electron chi connectivity index (χ4n) is 3.27. The molecule has 134 valence electrons. The summed E-state index contributed by atoms with van der Waals surface area (Å²) in [6.45, 7) is 3.73. The number of aryl methyl sites for hydroxylation is 1. The van der Waals surface area contributed by atoms with Crippen LogP contribution in [0.4, 0.5) is 5.69 Å². The minimum atomic E-state index is -0.621. The van der Waals surface area contributed by atoms with E-state index < -0.39 is 5.78 Å². The van der Waals surface area contributed by atoms with Gasteiger partial charge in [-0.25, -0.2) is 4.68 Å². The molecule has 1 aliphatic heterocycles. The van der Waals surface area contributed by atoms with Gasteiger partial charge < -0.3 is 14.7 Å². The Kier molecular flexibility index (Phi) is 4.71. The van der Waals surface area contributed by atoms with Gasteiger partial charge in [-0.3, -0.25) is 14.4 Å². The molecule has 0 amide bonds. The first-order valence-electron chi connectivity index (χ1n) is 8.32. The summed E-state index contributed by atoms with van der Waals surface area (Å²) in [7, 11) is 1.47. The fourth-order valence-corrected chi connectivity index (χ4v) is 3.27. The monoisotopic (exact) mass is 347 g/mol. The Morgan fingerprint density at radius 1 is 1.20 bits per heavy atom. The number of carbonyl (C=O) groups excluding carboxylic acids is 2. The van der Waals surface area contributed by atoms with Gasteiger partial charge in [-0.1, -0.05) is 0 Å². The van der Waals surface area contributed by atoms with E-state index in [0.717, 1.165) is 4.68 Å². The molecule has 1 N–H and O–H groups in total. The van der Waals surface area contributed by atoms with Crippen LogP contribution < -0.4 is 10.5 Å². The van der Waals surface area contributed by atoms with E-state index in [0.29, 0.717) is 50.4 Å². The maximum Gasteiger partial charge on any atom is 0.290 e. The van der Waals surface area contributed by atoms with Crippen LogP contribution in [0.25, 0.3) is 0 Å². The van der Waals surface area contributed by atoms with Crippen LogP contribution in [0, 0.1) is 6.92 Å². The Balaban J connectivity index is 2.11. The Hall–Kier alpha value is -2.48. The molecular weight excluding hydrogens is 326 g/mol. The summed E-state index contributed by atoms with van der Waals surface area (Å²) in [5.41, 5.74) is 0.346. The van der Waals surface area contributed by atoms with Crippen LogP contribution >= 0.6 is 0 Å². The van der Waals surface area contributed by atoms with Crippen molar-refractivity contribution in [2.75, 3.05) is 31.2 Å². The first-order valence-corrected chi connectivity index (χ1v) is 8.32. The van der Waals surface area contributed by atoms with Gasteiger partial charge in [0.15, 0.2) is 5.78 Å². The highest BCUT2D eigenvalue weighted by Gasteiger charge is 2.31. The number of ether oxygens (including phenoxy) is 1. The van der Waals surface area contributed by atoms with E-state index in [4.69, 9.17) is 4.74 Å². The normalized spacial score (nSPS) is 18.6. The number of anilines is 1. The average Bonchev–Trinajstić information content (AvgIpc) is 2.59. The van der Waals surface area contributed by atoms with Crippen molar-refractivity contribution < 1.29 is 19.4 Å². The lowest BCUT2D eigenvalue weighted by molar-refractivity contribution is -0.116. The van der Waals surface area contributed by atoms with Crippen molar-refractivity contribution in [1.29, 1.82) is 0 Å². The molecule has 3 rings (SSSR count). The number of hydrogen-bond donors (Lipinski definition) is 1. The first kappa shape index (κ1) is 17.3. The molecule has 25 heavy (non-hydrogen) atoms. The number of ketones is 2. The predicted molar refractivity (Wildman–Crippen MR) is 90.1 cm³/mol. The minimum Gasteiger partial charge on any atom is -0.511 e. The Morgan fingerprint density at radius 2 is 1.88 bits per heavy atom. The van der Waals surface area contributed by atoms with Gasteiger partial charge in [-0.05, 0) is 13.3 Å². The van der Waals surface area contributed by atoms with E-state index in [1.807, 2.05) is 4.90 Å². The summed E-state index contributed by atoms with van der Waals surface area (Å²) in [6, 6.07) is 0. The van der Waals surface area contributed by atoms with Crippen molar-refractivity contribution in [3.63, 3.8) is 0 Å². The third-order valence-electron chi connectivity index (χ3n) is 4.61. The molecule has 8 heteroatoms. The van der Waals surface area contributed by atoms with Gasteiger partial charge in [0.05, 0.1) is 13.2 Å². The highest BCUT2D eigenvalue weighted by molar-refractivity contribution is 6.26. The first-order chi connectivity index (χ1) is 11.9. The van der Waals surface area contributed by atoms with Gasteiger partial charge in [0.25, 0.3) is 5.56 Å². The van der Waals surface area contributed by atoms with Crippen LogP contribution in [0.3, 0.4) is 0 Å². The van der Waals surface area contributed by atoms with Crippen molar-refractivity contribution in [3.05, 3.63) is 32.9 Å². The maximum absolute atomic E-state index is 12.9. The van der Waals surface area contributed by atoms with Crippen molar-refractivity contribution in [2.24, 2.45) is 7.05 Å². The predicted octanol–water partition coefficient (Wildman–Crippen LogP) is 0.673. The molecule has 8 nitrogen and oxygen atoms in total. The number of hydrogen-bond acceptors (Lipinski definition) is 7. The average molecular weight is 347 g/mol. The van der Waals surface area contributed by atoms with Crippen LogP contribution in [0.2, 0.25) is 0 Å². The Bertz CT molecular complexity index is 818. The lowest BCUT2D eigenvalue weighted by atomic mass is 9.91. The number of nitrogens with zero attached hydrogens (tertiary/aromatic N) is 3. The zero-order valence-electron chi connectivity index (χ0n) is 14.4. The molecule has 1 aliphatic carbocycles. The molecular formula is C17H21N3O5. The van der Waals surface area contributed by atoms with Crippen LogP contribution in [0.15, 0.2) is 16.1 Å². The van der Waals surface area contributed by atoms with Crippen LogP contribution in [0.5, 0.6) is 0 Å². The van der Waals surface area contributed by atoms with E-state index in [9.17, 15) is 19.5 Å². The lowest BCUT2D eigenvalue weighted by Gasteiger charge is -2.30. The van der Waals surface area contributed by atoms with Gasteiger partial charge in [-0.2, -0.15) is 5.10 Å². The molecule has 0 bridgehead atoms. The highest BCUT2D eigenvalue weighted by Crippen LogP contribution is 2.26. The van der Waals surface area contributed by atoms with E-state index >= 15 is 0 Å². The Morgan fingerprint density at radius 3 is 2.52 bits per heavy atom. The number of aliphatic hydroxyl groups excluding tert-OH is 1. The summed E-state index contributed by atoms with van der Waals surface area (Å²) in [5, 5.41) is 14.1. The van der Waals surface area contributed by atoms with E-state index in [1.54, 1.807) is 6.92 Å². The van der Waals surface area contributed by atoms with E-state index in [-0.39, 0.29) is 34.8 Å². The summed E-state index contributed by atoms with van der Waals surface area (Å²) in [4.78, 5) is 39.4. The highest BCUT2D eigenvalue weighted by atomic mass is 16.5. The third-order valence-corrected chi connectivity index (χ3v) is 4.61. The smallest absolute Gasteiger partial charge is 0.290 e. The third kappa shape index (κ3) is 3.09. The van der Waals surface area contributed by atoms with Crippen LogP contribution in [-0.4, -0.2) is 52.8 Å². The fraction of sp³-hybridized carbons (Fsp3) is 0.529. The van der Waals surface area contributed by atoms with Crippen molar-refractivity contribution in [1.82, 2.24) is 9.78 Å². The summed E-state index contributed by atoms with van der Waals surface area (Å²) >= 11 is 0. The second-order valence-corrected chi connectivity index (χ2v) is 6.28. The second-order valence-electron chi connectivity index (χ2n) is 6.28. The molecule has 0 atom stereocenters. The zero-order valence-corrected chi connectivity index (χ0v) is 14.4. The van der Waals surface area contributed by atoms with E-state index in [2.05, 4.69) is 5.10 Å². The molecule has 2 heterocycles. The van der Waals surface area contributed by atoms with E-state index in [1.165, 1.54) is 7.05 Å². The van der Waals surface area contributed by atoms with Gasteiger partial charge in [0, 0.05) is 38.5 Å². The second kappa shape index (κ2) is 6.79. The number of carbonyl (C=O) groups is 2. The van der Waals surface area contributed by atoms with Crippen molar-refractivity contribution >= 4 is 17.3 Å². The summed E-state index contributed by atoms with van der Waals surface area (Å²) in [6.07, 6.45) is 1.06. The number of rotatable bonds is 3. The SMILES string of the molecule is Cc1c(C(=O)C2=C(O)CCCC2=O)nn(C)c(=O)c1N1CCOCC1. The molecule has 2 aliphatic rings. The molecule has 1 aromatic rings. The molecule has 0 spiro atoms. The summed E-state index contributed by atoms with van der Waals surface area (Å²) < 4.78 is 6.42. The maximum atomic E-state index is 12.9. The molecule has 0 saturated carbocycles. The standard InChI is InChI=1S/C17H21N3O5/c1-10-14(16(23)13-11(21)4-3-5-12(13)22)18-19(2)17(24)15(10)20-6-8-25-9-7-20/h21H,3-9H2,1-2H3. The van der Waals surface area contributed by atoms with Crippen LogP contribution in [0.1, 0.15) is 35.3 Å². The molecule has 1 aromatic heterocycles. The number of Topliss-reactive ketones (excluding diaryl/α,β-unsaturated/α-hetero) is 2. The quantitative estimate of drug-likeness (QED) is 0.633. The molecule has 0 radical (unpaired) electrons. The van der Waals surface area contributed by atoms with Gasteiger partial charge in [-0.15, -0.1) is 0 Å². The van der Waals surface area contributed by atoms with Gasteiger partial charge >= 0.3 is 0 Å². The van der Waals surface area contributed by atoms with Gasteiger partial charge in [0.1, 0.15) is 22.7 Å². The molecule has 1 saturated heterocycles. The van der Waals surface area contributed by atoms with Crippen molar-refractivity contribution in [3.8, 4) is 0 Å². The minimum absolute atomic E-state index is 0.0281. The van der Waals surface area contributed by atoms with Gasteiger partial charge in [0.2, 0.25) is 5.78 Å². The number of aromatic nitrogens is 2.